The van der Waals surface area contributed by atoms with Crippen molar-refractivity contribution in [3.63, 3.8) is 0 Å². The van der Waals surface area contributed by atoms with Crippen molar-refractivity contribution in [2.24, 2.45) is 5.73 Å². The first-order chi connectivity index (χ1) is 6.45. The Hall–Kier alpha value is -0.820. The average molecular weight is 214 g/mol. The molecule has 0 saturated carbocycles. The van der Waals surface area contributed by atoms with Gasteiger partial charge in [-0.1, -0.05) is 0 Å². The quantitative estimate of drug-likeness (QED) is 0.613. The monoisotopic (exact) mass is 214 g/mol. The first-order valence-corrected chi connectivity index (χ1v) is 4.07. The van der Waals surface area contributed by atoms with Crippen molar-refractivity contribution >= 4 is 5.91 Å². The molecule has 0 unspecified atom stereocenters. The number of amides is 1. The Labute approximate surface area is 79.6 Å². The van der Waals surface area contributed by atoms with E-state index in [4.69, 9.17) is 5.73 Å². The van der Waals surface area contributed by atoms with E-state index in [1.165, 1.54) is 0 Å². The number of halogens is 3. The Balaban J connectivity index is 3.32. The molecule has 0 aromatic heterocycles. The predicted molar refractivity (Wildman–Crippen MR) is 43.6 cm³/mol. The minimum Gasteiger partial charge on any atom is -0.371 e. The number of rotatable bonds is 6. The highest BCUT2D eigenvalue weighted by molar-refractivity contribution is 5.77. The molecular weight excluding hydrogens is 201 g/mol. The zero-order valence-corrected chi connectivity index (χ0v) is 7.56. The third-order valence-electron chi connectivity index (χ3n) is 1.23. The lowest BCUT2D eigenvalue weighted by atomic mass is 10.4. The van der Waals surface area contributed by atoms with Crippen LogP contribution < -0.4 is 11.1 Å². The third-order valence-corrected chi connectivity index (χ3v) is 1.23. The molecule has 14 heavy (non-hydrogen) atoms. The van der Waals surface area contributed by atoms with Crippen LogP contribution in [0.15, 0.2) is 0 Å². The fourth-order valence-electron chi connectivity index (χ4n) is 0.615. The van der Waals surface area contributed by atoms with Crippen molar-refractivity contribution in [2.45, 2.75) is 12.6 Å². The van der Waals surface area contributed by atoms with Crippen molar-refractivity contribution in [3.05, 3.63) is 0 Å². The zero-order valence-electron chi connectivity index (χ0n) is 7.56. The molecule has 0 aliphatic heterocycles. The molecule has 3 N–H and O–H groups in total. The number of carbonyl (C=O) groups excluding carboxylic acids is 1. The van der Waals surface area contributed by atoms with Crippen LogP contribution in [0.1, 0.15) is 6.42 Å². The van der Waals surface area contributed by atoms with Crippen LogP contribution in [0.2, 0.25) is 0 Å². The van der Waals surface area contributed by atoms with Crippen LogP contribution in [0.25, 0.3) is 0 Å². The Morgan fingerprint density at radius 3 is 2.57 bits per heavy atom. The first kappa shape index (κ1) is 13.2. The van der Waals surface area contributed by atoms with Gasteiger partial charge in [0.1, 0.15) is 6.61 Å². The largest absolute Gasteiger partial charge is 0.391 e. The summed E-state index contributed by atoms with van der Waals surface area (Å²) in [4.78, 5) is 10.8. The van der Waals surface area contributed by atoms with Gasteiger partial charge < -0.3 is 15.8 Å². The molecular formula is C7H13F3N2O2. The zero-order chi connectivity index (χ0) is 11.0. The van der Waals surface area contributed by atoms with Gasteiger partial charge in [-0.3, -0.25) is 4.79 Å². The van der Waals surface area contributed by atoms with Gasteiger partial charge in [-0.15, -0.1) is 0 Å². The van der Waals surface area contributed by atoms with Crippen LogP contribution in [0.5, 0.6) is 0 Å². The van der Waals surface area contributed by atoms with Gasteiger partial charge in [0.05, 0.1) is 13.0 Å². The second kappa shape index (κ2) is 6.61. The normalized spacial score (nSPS) is 11.4. The number of alkyl halides is 3. The standard InChI is InChI=1S/C7H13F3N2O2/c8-7(9,10)1-4-14-5-6(13)12-3-2-11/h1-5,11H2,(H,12,13). The van der Waals surface area contributed by atoms with Crippen LogP contribution in [-0.4, -0.2) is 38.4 Å². The molecule has 0 aromatic rings. The van der Waals surface area contributed by atoms with Gasteiger partial charge in [0, 0.05) is 13.1 Å². The average Bonchev–Trinajstić information content (AvgIpc) is 2.07. The van der Waals surface area contributed by atoms with Crippen molar-refractivity contribution in [1.82, 2.24) is 5.32 Å². The predicted octanol–water partition coefficient (Wildman–Crippen LogP) is 0.0303. The van der Waals surface area contributed by atoms with Gasteiger partial charge in [0.25, 0.3) is 0 Å². The summed E-state index contributed by atoms with van der Waals surface area (Å²) >= 11 is 0. The molecule has 0 saturated heterocycles. The fourth-order valence-corrected chi connectivity index (χ4v) is 0.615. The van der Waals surface area contributed by atoms with E-state index in [1.54, 1.807) is 0 Å². The highest BCUT2D eigenvalue weighted by atomic mass is 19.4. The maximum atomic E-state index is 11.6. The second-order valence-corrected chi connectivity index (χ2v) is 2.56. The molecule has 0 spiro atoms. The summed E-state index contributed by atoms with van der Waals surface area (Å²) < 4.78 is 39.3. The van der Waals surface area contributed by atoms with Gasteiger partial charge >= 0.3 is 6.18 Å². The lowest BCUT2D eigenvalue weighted by Gasteiger charge is -2.07. The van der Waals surface area contributed by atoms with E-state index in [0.717, 1.165) is 0 Å². The number of hydrogen-bond donors (Lipinski definition) is 2. The number of nitrogens with one attached hydrogen (secondary N) is 1. The lowest BCUT2D eigenvalue weighted by Crippen LogP contribution is -2.32. The molecule has 0 aromatic carbocycles. The summed E-state index contributed by atoms with van der Waals surface area (Å²) in [5, 5.41) is 2.36. The highest BCUT2D eigenvalue weighted by Gasteiger charge is 2.26. The van der Waals surface area contributed by atoms with E-state index in [1.807, 2.05) is 0 Å². The molecule has 0 aliphatic rings. The molecule has 0 aliphatic carbocycles. The van der Waals surface area contributed by atoms with E-state index in [9.17, 15) is 18.0 Å². The molecule has 0 rings (SSSR count). The van der Waals surface area contributed by atoms with Crippen LogP contribution in [0.4, 0.5) is 13.2 Å². The number of hydrogen-bond acceptors (Lipinski definition) is 3. The highest BCUT2D eigenvalue weighted by Crippen LogP contribution is 2.18. The molecule has 4 nitrogen and oxygen atoms in total. The Morgan fingerprint density at radius 2 is 2.07 bits per heavy atom. The summed E-state index contributed by atoms with van der Waals surface area (Å²) in [5.74, 6) is -0.461. The molecule has 0 radical (unpaired) electrons. The molecule has 0 bridgehead atoms. The topological polar surface area (TPSA) is 64.3 Å². The number of nitrogens with two attached hydrogens (primary N) is 1. The molecule has 1 amide bonds. The minimum atomic E-state index is -4.24. The third kappa shape index (κ3) is 9.27. The Kier molecular flexibility index (Phi) is 6.22. The minimum absolute atomic E-state index is 0.286. The number of carbonyl (C=O) groups is 1. The van der Waals surface area contributed by atoms with E-state index in [-0.39, 0.29) is 13.2 Å². The molecule has 0 fully saturated rings. The molecule has 0 atom stereocenters. The van der Waals surface area contributed by atoms with Gasteiger partial charge in [0.15, 0.2) is 0 Å². The Morgan fingerprint density at radius 1 is 1.43 bits per heavy atom. The van der Waals surface area contributed by atoms with Gasteiger partial charge in [-0.05, 0) is 0 Å². The SMILES string of the molecule is NCCNC(=O)COCCC(F)(F)F. The van der Waals surface area contributed by atoms with Crippen LogP contribution in [-0.2, 0) is 9.53 Å². The number of ether oxygens (including phenoxy) is 1. The summed E-state index contributed by atoms with van der Waals surface area (Å²) in [7, 11) is 0. The summed E-state index contributed by atoms with van der Waals surface area (Å²) in [6, 6.07) is 0. The maximum absolute atomic E-state index is 11.6. The Bertz CT molecular complexity index is 173. The van der Waals surface area contributed by atoms with Crippen LogP contribution >= 0.6 is 0 Å². The van der Waals surface area contributed by atoms with Crippen molar-refractivity contribution < 1.29 is 22.7 Å². The van der Waals surface area contributed by atoms with E-state index in [0.29, 0.717) is 6.54 Å². The van der Waals surface area contributed by atoms with Gasteiger partial charge in [-0.25, -0.2) is 0 Å². The van der Waals surface area contributed by atoms with Crippen molar-refractivity contribution in [3.8, 4) is 0 Å². The van der Waals surface area contributed by atoms with E-state index >= 15 is 0 Å². The van der Waals surface area contributed by atoms with Crippen molar-refractivity contribution in [1.29, 1.82) is 0 Å². The van der Waals surface area contributed by atoms with E-state index in [2.05, 4.69) is 10.1 Å². The summed E-state index contributed by atoms with van der Waals surface area (Å²) in [6.07, 6.45) is -5.29. The second-order valence-electron chi connectivity index (χ2n) is 2.56. The van der Waals surface area contributed by atoms with Crippen molar-refractivity contribution in [2.75, 3.05) is 26.3 Å². The lowest BCUT2D eigenvalue weighted by molar-refractivity contribution is -0.148. The first-order valence-electron chi connectivity index (χ1n) is 4.07. The van der Waals surface area contributed by atoms with Crippen LogP contribution in [0.3, 0.4) is 0 Å². The van der Waals surface area contributed by atoms with Gasteiger partial charge in [-0.2, -0.15) is 13.2 Å². The fraction of sp³-hybridized carbons (Fsp3) is 0.857. The summed E-state index contributed by atoms with van der Waals surface area (Å²) in [5.41, 5.74) is 5.08. The maximum Gasteiger partial charge on any atom is 0.391 e. The van der Waals surface area contributed by atoms with Gasteiger partial charge in [0.2, 0.25) is 5.91 Å². The molecule has 7 heteroatoms. The van der Waals surface area contributed by atoms with Crippen LogP contribution in [0, 0.1) is 0 Å². The molecule has 0 heterocycles. The molecule has 84 valence electrons. The van der Waals surface area contributed by atoms with E-state index < -0.39 is 25.1 Å². The summed E-state index contributed by atoms with van der Waals surface area (Å²) in [6.45, 7) is -0.286. The smallest absolute Gasteiger partial charge is 0.371 e.